The smallest absolute Gasteiger partial charge is 0.412 e. The van der Waals surface area contributed by atoms with Gasteiger partial charge in [0.2, 0.25) is 5.91 Å². The number of hydrogen-bond donors (Lipinski definition) is 2. The molecule has 0 aromatic carbocycles. The summed E-state index contributed by atoms with van der Waals surface area (Å²) in [6.07, 6.45) is 2.17. The van der Waals surface area contributed by atoms with E-state index in [9.17, 15) is 9.59 Å². The van der Waals surface area contributed by atoms with E-state index in [1.165, 1.54) is 6.20 Å². The SMILES string of the molecule is NC(=O)C1CC=CN1C(=O)O. The minimum atomic E-state index is -1.15. The molecule has 1 aliphatic heterocycles. The Morgan fingerprint density at radius 1 is 1.64 bits per heavy atom. The van der Waals surface area contributed by atoms with Gasteiger partial charge in [0.05, 0.1) is 0 Å². The zero-order chi connectivity index (χ0) is 8.43. The van der Waals surface area contributed by atoms with Crippen molar-refractivity contribution in [3.8, 4) is 0 Å². The van der Waals surface area contributed by atoms with E-state index in [0.29, 0.717) is 6.42 Å². The van der Waals surface area contributed by atoms with Gasteiger partial charge in [-0.3, -0.25) is 9.69 Å². The predicted octanol–water partition coefficient (Wildman–Crippen LogP) is -0.262. The second-order valence-corrected chi connectivity index (χ2v) is 2.23. The predicted molar refractivity (Wildman–Crippen MR) is 36.6 cm³/mol. The number of carboxylic acid groups (broad SMARTS) is 1. The van der Waals surface area contributed by atoms with Crippen LogP contribution in [0.5, 0.6) is 0 Å². The highest BCUT2D eigenvalue weighted by molar-refractivity contribution is 5.85. The molecular weight excluding hydrogens is 148 g/mol. The second-order valence-electron chi connectivity index (χ2n) is 2.23. The third kappa shape index (κ3) is 1.31. The summed E-state index contributed by atoms with van der Waals surface area (Å²) in [7, 11) is 0. The molecule has 0 fully saturated rings. The fourth-order valence-corrected chi connectivity index (χ4v) is 0.971. The molecule has 2 amide bonds. The highest BCUT2D eigenvalue weighted by Gasteiger charge is 2.28. The summed E-state index contributed by atoms with van der Waals surface area (Å²) in [6, 6.07) is -0.715. The number of rotatable bonds is 1. The molecule has 1 rings (SSSR count). The van der Waals surface area contributed by atoms with Crippen LogP contribution in [-0.4, -0.2) is 28.0 Å². The number of nitrogens with zero attached hydrogens (tertiary/aromatic N) is 1. The molecule has 0 bridgehead atoms. The molecule has 0 spiro atoms. The number of carbonyl (C=O) groups is 2. The lowest BCUT2D eigenvalue weighted by molar-refractivity contribution is -0.121. The fourth-order valence-electron chi connectivity index (χ4n) is 0.971. The molecule has 0 aromatic heterocycles. The van der Waals surface area contributed by atoms with Crippen molar-refractivity contribution in [2.24, 2.45) is 5.73 Å². The molecule has 5 heteroatoms. The van der Waals surface area contributed by atoms with E-state index in [-0.39, 0.29) is 0 Å². The second kappa shape index (κ2) is 2.61. The minimum absolute atomic E-state index is 0.377. The van der Waals surface area contributed by atoms with Gasteiger partial charge in [-0.05, 0) is 6.42 Å². The Morgan fingerprint density at radius 2 is 2.27 bits per heavy atom. The van der Waals surface area contributed by atoms with Crippen LogP contribution < -0.4 is 5.73 Å². The maximum Gasteiger partial charge on any atom is 0.412 e. The average Bonchev–Trinajstić information content (AvgIpc) is 2.32. The molecule has 1 aliphatic rings. The van der Waals surface area contributed by atoms with Crippen LogP contribution in [0.15, 0.2) is 12.3 Å². The van der Waals surface area contributed by atoms with Crippen LogP contribution >= 0.6 is 0 Å². The Bertz CT molecular complexity index is 224. The molecule has 60 valence electrons. The first-order valence-corrected chi connectivity index (χ1v) is 3.10. The molecule has 0 saturated heterocycles. The third-order valence-corrected chi connectivity index (χ3v) is 1.51. The van der Waals surface area contributed by atoms with Gasteiger partial charge < -0.3 is 10.8 Å². The normalized spacial score (nSPS) is 22.2. The van der Waals surface area contributed by atoms with E-state index in [4.69, 9.17) is 10.8 Å². The van der Waals surface area contributed by atoms with Gasteiger partial charge in [-0.1, -0.05) is 6.08 Å². The van der Waals surface area contributed by atoms with Crippen LogP contribution in [0.2, 0.25) is 0 Å². The molecule has 11 heavy (non-hydrogen) atoms. The minimum Gasteiger partial charge on any atom is -0.465 e. The van der Waals surface area contributed by atoms with Crippen molar-refractivity contribution in [3.63, 3.8) is 0 Å². The number of amides is 2. The van der Waals surface area contributed by atoms with E-state index < -0.39 is 18.0 Å². The van der Waals surface area contributed by atoms with E-state index >= 15 is 0 Å². The van der Waals surface area contributed by atoms with Crippen molar-refractivity contribution in [2.75, 3.05) is 0 Å². The monoisotopic (exact) mass is 156 g/mol. The topological polar surface area (TPSA) is 83.6 Å². The first-order chi connectivity index (χ1) is 5.13. The van der Waals surface area contributed by atoms with Gasteiger partial charge in [0, 0.05) is 6.20 Å². The Balaban J connectivity index is 2.71. The van der Waals surface area contributed by atoms with E-state index in [1.807, 2.05) is 0 Å². The zero-order valence-electron chi connectivity index (χ0n) is 5.73. The molecule has 0 aromatic rings. The first-order valence-electron chi connectivity index (χ1n) is 3.10. The molecular formula is C6H8N2O3. The average molecular weight is 156 g/mol. The van der Waals surface area contributed by atoms with Crippen LogP contribution in [0, 0.1) is 0 Å². The van der Waals surface area contributed by atoms with Crippen molar-refractivity contribution < 1.29 is 14.7 Å². The van der Waals surface area contributed by atoms with Gasteiger partial charge in [0.15, 0.2) is 0 Å². The van der Waals surface area contributed by atoms with Crippen LogP contribution in [0.4, 0.5) is 4.79 Å². The van der Waals surface area contributed by atoms with Crippen LogP contribution in [-0.2, 0) is 4.79 Å². The van der Waals surface area contributed by atoms with Gasteiger partial charge in [-0.2, -0.15) is 0 Å². The highest BCUT2D eigenvalue weighted by atomic mass is 16.4. The third-order valence-electron chi connectivity index (χ3n) is 1.51. The largest absolute Gasteiger partial charge is 0.465 e. The Labute approximate surface area is 63.1 Å². The van der Waals surface area contributed by atoms with E-state index in [0.717, 1.165) is 4.90 Å². The fraction of sp³-hybridized carbons (Fsp3) is 0.333. The van der Waals surface area contributed by atoms with Gasteiger partial charge in [0.25, 0.3) is 0 Å². The molecule has 0 radical (unpaired) electrons. The van der Waals surface area contributed by atoms with Crippen LogP contribution in [0.25, 0.3) is 0 Å². The highest BCUT2D eigenvalue weighted by Crippen LogP contribution is 2.13. The summed E-state index contributed by atoms with van der Waals surface area (Å²) in [5.41, 5.74) is 4.94. The van der Waals surface area contributed by atoms with Crippen molar-refractivity contribution in [1.29, 1.82) is 0 Å². The maximum atomic E-state index is 10.6. The summed E-state index contributed by atoms with van der Waals surface area (Å²) in [5, 5.41) is 8.50. The molecule has 5 nitrogen and oxygen atoms in total. The molecule has 1 unspecified atom stereocenters. The Kier molecular flexibility index (Phi) is 1.80. The number of hydrogen-bond acceptors (Lipinski definition) is 2. The molecule has 1 heterocycles. The van der Waals surface area contributed by atoms with Gasteiger partial charge in [0.1, 0.15) is 6.04 Å². The lowest BCUT2D eigenvalue weighted by Gasteiger charge is -2.16. The summed E-state index contributed by atoms with van der Waals surface area (Å²) < 4.78 is 0. The maximum absolute atomic E-state index is 10.6. The summed E-state index contributed by atoms with van der Waals surface area (Å²) >= 11 is 0. The number of carbonyl (C=O) groups excluding carboxylic acids is 1. The summed E-state index contributed by atoms with van der Waals surface area (Å²) in [4.78, 5) is 21.9. The molecule has 1 atom stereocenters. The summed E-state index contributed by atoms with van der Waals surface area (Å²) in [5.74, 6) is -0.614. The standard InChI is InChI=1S/C6H8N2O3/c7-5(9)4-2-1-3-8(4)6(10)11/h1,3-4H,2H2,(H2,7,9)(H,10,11). The summed E-state index contributed by atoms with van der Waals surface area (Å²) in [6.45, 7) is 0. The van der Waals surface area contributed by atoms with Gasteiger partial charge >= 0.3 is 6.09 Å². The zero-order valence-corrected chi connectivity index (χ0v) is 5.73. The molecule has 0 aliphatic carbocycles. The number of nitrogens with two attached hydrogens (primary N) is 1. The van der Waals surface area contributed by atoms with E-state index in [1.54, 1.807) is 6.08 Å². The van der Waals surface area contributed by atoms with Crippen molar-refractivity contribution in [3.05, 3.63) is 12.3 Å². The van der Waals surface area contributed by atoms with Gasteiger partial charge in [-0.15, -0.1) is 0 Å². The van der Waals surface area contributed by atoms with Crippen molar-refractivity contribution in [2.45, 2.75) is 12.5 Å². The Hall–Kier alpha value is -1.52. The van der Waals surface area contributed by atoms with Gasteiger partial charge in [-0.25, -0.2) is 4.79 Å². The lowest BCUT2D eigenvalue weighted by atomic mass is 10.2. The van der Waals surface area contributed by atoms with Crippen LogP contribution in [0.1, 0.15) is 6.42 Å². The van der Waals surface area contributed by atoms with Crippen molar-refractivity contribution >= 4 is 12.0 Å². The first kappa shape index (κ1) is 7.59. The number of primary amides is 1. The van der Waals surface area contributed by atoms with Crippen LogP contribution in [0.3, 0.4) is 0 Å². The van der Waals surface area contributed by atoms with E-state index in [2.05, 4.69) is 0 Å². The molecule has 3 N–H and O–H groups in total. The lowest BCUT2D eigenvalue weighted by Crippen LogP contribution is -2.41. The molecule has 0 saturated carbocycles. The quantitative estimate of drug-likeness (QED) is 0.548. The van der Waals surface area contributed by atoms with Crippen molar-refractivity contribution in [1.82, 2.24) is 4.90 Å². The Morgan fingerprint density at radius 3 is 2.64 bits per heavy atom.